The Morgan fingerprint density at radius 1 is 0.939 bits per heavy atom. The van der Waals surface area contributed by atoms with Crippen LogP contribution in [0.3, 0.4) is 0 Å². The maximum absolute atomic E-state index is 13.5. The van der Waals surface area contributed by atoms with Crippen molar-refractivity contribution in [3.63, 3.8) is 0 Å². The fraction of sp³-hybridized carbons (Fsp3) is 0.259. The lowest BCUT2D eigenvalue weighted by molar-refractivity contribution is -0.124. The number of rotatable bonds is 6. The molecule has 0 aliphatic carbocycles. The van der Waals surface area contributed by atoms with Gasteiger partial charge in [0.15, 0.2) is 0 Å². The normalized spacial score (nSPS) is 16.0. The zero-order valence-corrected chi connectivity index (χ0v) is 18.9. The van der Waals surface area contributed by atoms with Crippen molar-refractivity contribution in [2.75, 3.05) is 33.9 Å². The van der Waals surface area contributed by atoms with Gasteiger partial charge in [0.2, 0.25) is 5.91 Å². The highest BCUT2D eigenvalue weighted by atomic mass is 16.5. The molecule has 2 amide bonds. The minimum atomic E-state index is -0.358. The number of nitrogens with one attached hydrogen (secondary N) is 1. The van der Waals surface area contributed by atoms with Crippen LogP contribution in [0.25, 0.3) is 11.1 Å². The van der Waals surface area contributed by atoms with E-state index in [-0.39, 0.29) is 17.7 Å². The van der Waals surface area contributed by atoms with Crippen LogP contribution in [0.1, 0.15) is 15.9 Å². The van der Waals surface area contributed by atoms with Gasteiger partial charge in [-0.05, 0) is 35.2 Å². The summed E-state index contributed by atoms with van der Waals surface area (Å²) in [5.41, 5.74) is 3.67. The molecule has 1 saturated heterocycles. The summed E-state index contributed by atoms with van der Waals surface area (Å²) >= 11 is 0. The molecule has 6 heteroatoms. The third kappa shape index (κ3) is 5.00. The lowest BCUT2D eigenvalue weighted by atomic mass is 9.95. The first kappa shape index (κ1) is 22.4. The maximum atomic E-state index is 13.5. The van der Waals surface area contributed by atoms with Crippen LogP contribution in [0.4, 0.5) is 0 Å². The predicted octanol–water partition coefficient (Wildman–Crippen LogP) is 3.80. The molecule has 1 atom stereocenters. The lowest BCUT2D eigenvalue weighted by Gasteiger charge is -2.25. The lowest BCUT2D eigenvalue weighted by Crippen LogP contribution is -2.37. The van der Waals surface area contributed by atoms with Crippen molar-refractivity contribution < 1.29 is 19.1 Å². The average Bonchev–Trinajstić information content (AvgIpc) is 3.05. The monoisotopic (exact) mass is 444 g/mol. The van der Waals surface area contributed by atoms with Gasteiger partial charge in [0.1, 0.15) is 17.1 Å². The van der Waals surface area contributed by atoms with Crippen LogP contribution < -0.4 is 14.8 Å². The minimum absolute atomic E-state index is 0.0394. The van der Waals surface area contributed by atoms with Gasteiger partial charge in [-0.15, -0.1) is 0 Å². The molecule has 0 saturated carbocycles. The molecule has 1 N–H and O–H groups in total. The highest BCUT2D eigenvalue weighted by molar-refractivity contribution is 6.00. The van der Waals surface area contributed by atoms with Crippen molar-refractivity contribution in [1.29, 1.82) is 0 Å². The summed E-state index contributed by atoms with van der Waals surface area (Å²) in [6.45, 7) is 1.15. The van der Waals surface area contributed by atoms with Gasteiger partial charge in [-0.1, -0.05) is 60.7 Å². The second-order valence-electron chi connectivity index (χ2n) is 8.05. The van der Waals surface area contributed by atoms with Gasteiger partial charge in [-0.25, -0.2) is 0 Å². The third-order valence-electron chi connectivity index (χ3n) is 5.94. The Morgan fingerprint density at radius 3 is 2.30 bits per heavy atom. The van der Waals surface area contributed by atoms with E-state index in [1.54, 1.807) is 23.1 Å². The highest BCUT2D eigenvalue weighted by Gasteiger charge is 2.31. The van der Waals surface area contributed by atoms with Crippen molar-refractivity contribution in [1.82, 2.24) is 10.2 Å². The van der Waals surface area contributed by atoms with Gasteiger partial charge in [-0.2, -0.15) is 0 Å². The number of carbonyl (C=O) groups excluding carboxylic acids is 2. The summed E-state index contributed by atoms with van der Waals surface area (Å²) in [5, 5.41) is 2.96. The molecular formula is C27H28N2O4. The van der Waals surface area contributed by atoms with E-state index in [9.17, 15) is 9.59 Å². The number of benzene rings is 3. The van der Waals surface area contributed by atoms with Crippen molar-refractivity contribution in [2.24, 2.45) is 5.92 Å². The topological polar surface area (TPSA) is 67.9 Å². The van der Waals surface area contributed by atoms with Gasteiger partial charge in [-0.3, -0.25) is 9.59 Å². The zero-order chi connectivity index (χ0) is 23.2. The fourth-order valence-electron chi connectivity index (χ4n) is 4.25. The Hall–Kier alpha value is -3.80. The summed E-state index contributed by atoms with van der Waals surface area (Å²) in [6, 6.07) is 23.6. The number of carbonyl (C=O) groups is 2. The second-order valence-corrected chi connectivity index (χ2v) is 8.05. The van der Waals surface area contributed by atoms with Crippen molar-refractivity contribution in [3.8, 4) is 22.6 Å². The summed E-state index contributed by atoms with van der Waals surface area (Å²) in [7, 11) is 3.06. The Morgan fingerprint density at radius 2 is 1.61 bits per heavy atom. The molecule has 6 nitrogen and oxygen atoms in total. The molecule has 1 heterocycles. The Kier molecular flexibility index (Phi) is 6.93. The Labute approximate surface area is 194 Å². The van der Waals surface area contributed by atoms with Crippen LogP contribution in [0.5, 0.6) is 11.5 Å². The van der Waals surface area contributed by atoms with Gasteiger partial charge < -0.3 is 19.7 Å². The van der Waals surface area contributed by atoms with E-state index in [4.69, 9.17) is 9.47 Å². The van der Waals surface area contributed by atoms with Crippen LogP contribution in [0.15, 0.2) is 72.8 Å². The van der Waals surface area contributed by atoms with E-state index in [0.717, 1.165) is 16.7 Å². The second kappa shape index (κ2) is 10.2. The largest absolute Gasteiger partial charge is 0.496 e. The van der Waals surface area contributed by atoms with Gasteiger partial charge in [0.25, 0.3) is 5.91 Å². The Balaban J connectivity index is 1.57. The molecule has 1 aliphatic rings. The predicted molar refractivity (Wildman–Crippen MR) is 128 cm³/mol. The van der Waals surface area contributed by atoms with Gasteiger partial charge in [0.05, 0.1) is 20.1 Å². The van der Waals surface area contributed by atoms with Crippen molar-refractivity contribution >= 4 is 11.8 Å². The van der Waals surface area contributed by atoms with Crippen LogP contribution >= 0.6 is 0 Å². The fourth-order valence-corrected chi connectivity index (χ4v) is 4.25. The quantitative estimate of drug-likeness (QED) is 0.628. The summed E-state index contributed by atoms with van der Waals surface area (Å²) in [4.78, 5) is 28.0. The molecule has 1 fully saturated rings. The maximum Gasteiger partial charge on any atom is 0.261 e. The zero-order valence-electron chi connectivity index (χ0n) is 18.9. The molecule has 0 aromatic heterocycles. The van der Waals surface area contributed by atoms with E-state index in [1.165, 1.54) is 14.2 Å². The van der Waals surface area contributed by atoms with E-state index >= 15 is 0 Å². The first-order valence-corrected chi connectivity index (χ1v) is 11.0. The number of nitrogens with zero attached hydrogens (tertiary/aromatic N) is 1. The van der Waals surface area contributed by atoms with Gasteiger partial charge in [0, 0.05) is 19.6 Å². The smallest absolute Gasteiger partial charge is 0.261 e. The standard InChI is InChI=1S/C27H28N2O4/c1-32-23-12-7-13-24(33-2)25(23)27(31)29-15-14-28-26(30)22(18-29)17-19-8-6-11-21(16-19)20-9-4-3-5-10-20/h3-13,16,22H,14-15,17-18H2,1-2H3,(H,28,30)/t22-/m1/s1. The van der Waals surface area contributed by atoms with E-state index in [2.05, 4.69) is 29.6 Å². The van der Waals surface area contributed by atoms with Crippen LogP contribution in [0, 0.1) is 5.92 Å². The number of hydrogen-bond donors (Lipinski definition) is 1. The van der Waals surface area contributed by atoms with Crippen molar-refractivity contribution in [3.05, 3.63) is 83.9 Å². The minimum Gasteiger partial charge on any atom is -0.496 e. The van der Waals surface area contributed by atoms with E-state index in [0.29, 0.717) is 43.1 Å². The number of ether oxygens (including phenoxy) is 2. The molecule has 3 aromatic carbocycles. The van der Waals surface area contributed by atoms with Crippen LogP contribution in [-0.4, -0.2) is 50.6 Å². The molecule has 0 radical (unpaired) electrons. The average molecular weight is 445 g/mol. The third-order valence-corrected chi connectivity index (χ3v) is 5.94. The molecule has 3 aromatic rings. The molecule has 4 rings (SSSR count). The van der Waals surface area contributed by atoms with Gasteiger partial charge >= 0.3 is 0 Å². The SMILES string of the molecule is COc1cccc(OC)c1C(=O)N1CCNC(=O)[C@H](Cc2cccc(-c3ccccc3)c2)C1. The first-order chi connectivity index (χ1) is 16.1. The van der Waals surface area contributed by atoms with E-state index in [1.807, 2.05) is 30.3 Å². The molecule has 0 spiro atoms. The van der Waals surface area contributed by atoms with E-state index < -0.39 is 0 Å². The number of methoxy groups -OCH3 is 2. The Bertz CT molecular complexity index is 1110. The molecular weight excluding hydrogens is 416 g/mol. The number of amides is 2. The highest BCUT2D eigenvalue weighted by Crippen LogP contribution is 2.30. The van der Waals surface area contributed by atoms with Crippen molar-refractivity contribution in [2.45, 2.75) is 6.42 Å². The number of hydrogen-bond acceptors (Lipinski definition) is 4. The molecule has 0 bridgehead atoms. The summed E-state index contributed by atoms with van der Waals surface area (Å²) in [6.07, 6.45) is 0.541. The molecule has 1 aliphatic heterocycles. The van der Waals surface area contributed by atoms with Crippen LogP contribution in [0.2, 0.25) is 0 Å². The first-order valence-electron chi connectivity index (χ1n) is 11.0. The molecule has 170 valence electrons. The molecule has 0 unspecified atom stereocenters. The molecule has 33 heavy (non-hydrogen) atoms. The summed E-state index contributed by atoms with van der Waals surface area (Å²) in [5.74, 6) is 0.305. The summed E-state index contributed by atoms with van der Waals surface area (Å²) < 4.78 is 10.8. The van der Waals surface area contributed by atoms with Crippen LogP contribution in [-0.2, 0) is 11.2 Å².